The van der Waals surface area contributed by atoms with Crippen LogP contribution in [0.3, 0.4) is 0 Å². The lowest BCUT2D eigenvalue weighted by molar-refractivity contribution is -0.131. The summed E-state index contributed by atoms with van der Waals surface area (Å²) < 4.78 is 11.2. The molecule has 2 aromatic carbocycles. The number of aryl methyl sites for hydroxylation is 2. The summed E-state index contributed by atoms with van der Waals surface area (Å²) in [6.45, 7) is 10.9. The maximum absolute atomic E-state index is 13.3. The van der Waals surface area contributed by atoms with Crippen LogP contribution in [0.4, 0.5) is 11.4 Å². The normalized spacial score (nSPS) is 17.0. The first-order valence-corrected chi connectivity index (χ1v) is 11.2. The molecule has 3 N–H and O–H groups in total. The second kappa shape index (κ2) is 8.52. The van der Waals surface area contributed by atoms with Crippen molar-refractivity contribution >= 4 is 23.2 Å². The Morgan fingerprint density at radius 1 is 1.06 bits per heavy atom. The molecule has 0 saturated carbocycles. The van der Waals surface area contributed by atoms with Gasteiger partial charge in [0.2, 0.25) is 0 Å². The van der Waals surface area contributed by atoms with Crippen LogP contribution in [0.5, 0.6) is 11.5 Å². The Morgan fingerprint density at radius 3 is 2.47 bits per heavy atom. The average Bonchev–Trinajstić information content (AvgIpc) is 3.24. The zero-order valence-electron chi connectivity index (χ0n) is 20.3. The third-order valence-corrected chi connectivity index (χ3v) is 6.74. The number of fused-ring (bicyclic) bond motifs is 1. The minimum absolute atomic E-state index is 0.281. The van der Waals surface area contributed by atoms with Gasteiger partial charge in [0, 0.05) is 23.4 Å². The number of phenolic OH excluding ortho intramolecular Hbond substituents is 1. The van der Waals surface area contributed by atoms with Crippen LogP contribution in [0.15, 0.2) is 28.9 Å². The first-order valence-electron chi connectivity index (χ1n) is 11.2. The van der Waals surface area contributed by atoms with E-state index in [1.807, 2.05) is 33.8 Å². The highest BCUT2D eigenvalue weighted by Gasteiger charge is 2.41. The minimum atomic E-state index is -1.08. The topological polar surface area (TPSA) is 114 Å². The summed E-state index contributed by atoms with van der Waals surface area (Å²) in [4.78, 5) is 25.9. The van der Waals surface area contributed by atoms with E-state index in [0.717, 1.165) is 27.8 Å². The van der Waals surface area contributed by atoms with Crippen LogP contribution in [-0.2, 0) is 11.2 Å². The van der Waals surface area contributed by atoms with Gasteiger partial charge in [0.25, 0.3) is 11.8 Å². The predicted molar refractivity (Wildman–Crippen MR) is 129 cm³/mol. The van der Waals surface area contributed by atoms with Crippen LogP contribution in [0.25, 0.3) is 0 Å². The molecule has 1 aliphatic heterocycles. The molecule has 2 amide bonds. The van der Waals surface area contributed by atoms with Crippen molar-refractivity contribution in [3.05, 3.63) is 63.5 Å². The zero-order valence-corrected chi connectivity index (χ0v) is 20.3. The molecule has 0 radical (unpaired) electrons. The Bertz CT molecular complexity index is 1310. The number of ether oxygens (including phenoxy) is 1. The van der Waals surface area contributed by atoms with E-state index in [2.05, 4.69) is 15.8 Å². The first-order chi connectivity index (χ1) is 16.0. The average molecular weight is 464 g/mol. The number of aromatic nitrogens is 1. The molecule has 2 heterocycles. The molecule has 1 atom stereocenters. The monoisotopic (exact) mass is 463 g/mol. The van der Waals surface area contributed by atoms with Crippen molar-refractivity contribution in [1.29, 1.82) is 0 Å². The summed E-state index contributed by atoms with van der Waals surface area (Å²) in [6.07, 6.45) is 2.46. The number of benzene rings is 2. The van der Waals surface area contributed by atoms with Gasteiger partial charge in [0.15, 0.2) is 5.60 Å². The first kappa shape index (κ1) is 23.4. The summed E-state index contributed by atoms with van der Waals surface area (Å²) in [6, 6.07) is 5.32. The fourth-order valence-corrected chi connectivity index (χ4v) is 4.21. The Kier molecular flexibility index (Phi) is 5.85. The number of aromatic hydroxyl groups is 1. The molecule has 8 heteroatoms. The second-order valence-electron chi connectivity index (χ2n) is 9.10. The SMILES string of the molecule is Cc1ccc(NC(=O)C2(C)CCc3c(C)c(O)c(C)c(C)c3O2)cc1NC(=O)c1cnoc1C. The van der Waals surface area contributed by atoms with Crippen LogP contribution < -0.4 is 15.4 Å². The number of carbonyl (C=O) groups excluding carboxylic acids is 2. The number of amides is 2. The van der Waals surface area contributed by atoms with Gasteiger partial charge in [-0.25, -0.2) is 0 Å². The molecule has 8 nitrogen and oxygen atoms in total. The van der Waals surface area contributed by atoms with Crippen molar-refractivity contribution in [2.45, 2.75) is 60.0 Å². The molecular formula is C26H29N3O5. The summed E-state index contributed by atoms with van der Waals surface area (Å²) in [7, 11) is 0. The molecule has 0 saturated heterocycles. The lowest BCUT2D eigenvalue weighted by atomic mass is 9.86. The molecule has 4 rings (SSSR count). The Hall–Kier alpha value is -3.81. The maximum atomic E-state index is 13.3. The molecular weight excluding hydrogens is 434 g/mol. The van der Waals surface area contributed by atoms with Crippen molar-refractivity contribution in [1.82, 2.24) is 5.16 Å². The van der Waals surface area contributed by atoms with E-state index < -0.39 is 5.60 Å². The third kappa shape index (κ3) is 4.00. The van der Waals surface area contributed by atoms with Gasteiger partial charge in [-0.2, -0.15) is 0 Å². The molecule has 1 aromatic heterocycles. The van der Waals surface area contributed by atoms with Crippen molar-refractivity contribution in [3.8, 4) is 11.5 Å². The molecule has 0 spiro atoms. The number of hydrogen-bond donors (Lipinski definition) is 3. The van der Waals surface area contributed by atoms with E-state index in [-0.39, 0.29) is 17.6 Å². The number of hydrogen-bond acceptors (Lipinski definition) is 6. The van der Waals surface area contributed by atoms with Gasteiger partial charge in [-0.05, 0) is 82.3 Å². The fourth-order valence-electron chi connectivity index (χ4n) is 4.21. The van der Waals surface area contributed by atoms with Crippen molar-refractivity contribution in [2.24, 2.45) is 0 Å². The number of rotatable bonds is 4. The molecule has 1 unspecified atom stereocenters. The van der Waals surface area contributed by atoms with Crippen LogP contribution in [0.1, 0.15) is 57.3 Å². The second-order valence-corrected chi connectivity index (χ2v) is 9.10. The number of carbonyl (C=O) groups is 2. The molecule has 34 heavy (non-hydrogen) atoms. The van der Waals surface area contributed by atoms with Crippen molar-refractivity contribution in [3.63, 3.8) is 0 Å². The standard InChI is InChI=1S/C26H29N3O5/c1-13-7-8-18(11-21(13)29-24(31)20-12-27-34-17(20)5)28-25(32)26(6)10-9-19-16(4)22(30)14(2)15(3)23(19)33-26/h7-8,11-12,30H,9-10H2,1-6H3,(H,28,32)(H,29,31). The van der Waals surface area contributed by atoms with E-state index in [0.29, 0.717) is 41.3 Å². The van der Waals surface area contributed by atoms with Gasteiger partial charge < -0.3 is 25.0 Å². The zero-order chi connectivity index (χ0) is 24.8. The summed E-state index contributed by atoms with van der Waals surface area (Å²) >= 11 is 0. The minimum Gasteiger partial charge on any atom is -0.507 e. The summed E-state index contributed by atoms with van der Waals surface area (Å²) in [5.74, 6) is 0.753. The van der Waals surface area contributed by atoms with Gasteiger partial charge in [0.05, 0.1) is 6.20 Å². The molecule has 0 bridgehead atoms. The van der Waals surface area contributed by atoms with Crippen molar-refractivity contribution < 1.29 is 24.0 Å². The largest absolute Gasteiger partial charge is 0.507 e. The third-order valence-electron chi connectivity index (χ3n) is 6.74. The van der Waals surface area contributed by atoms with E-state index >= 15 is 0 Å². The molecule has 0 fully saturated rings. The molecule has 0 aliphatic carbocycles. The number of phenols is 1. The quantitative estimate of drug-likeness (QED) is 0.507. The smallest absolute Gasteiger partial charge is 0.268 e. The predicted octanol–water partition coefficient (Wildman–Crippen LogP) is 4.90. The van der Waals surface area contributed by atoms with Gasteiger partial charge in [-0.1, -0.05) is 11.2 Å². The highest BCUT2D eigenvalue weighted by Crippen LogP contribution is 2.43. The highest BCUT2D eigenvalue weighted by molar-refractivity contribution is 6.05. The van der Waals surface area contributed by atoms with E-state index in [1.54, 1.807) is 26.0 Å². The van der Waals surface area contributed by atoms with Gasteiger partial charge in [-0.15, -0.1) is 0 Å². The Morgan fingerprint density at radius 2 is 1.79 bits per heavy atom. The van der Waals surface area contributed by atoms with Crippen LogP contribution >= 0.6 is 0 Å². The molecule has 3 aromatic rings. The van der Waals surface area contributed by atoms with E-state index in [9.17, 15) is 14.7 Å². The molecule has 178 valence electrons. The van der Waals surface area contributed by atoms with E-state index in [1.165, 1.54) is 6.20 Å². The van der Waals surface area contributed by atoms with Crippen molar-refractivity contribution in [2.75, 3.05) is 10.6 Å². The lowest BCUT2D eigenvalue weighted by Gasteiger charge is -2.36. The number of nitrogens with zero attached hydrogens (tertiary/aromatic N) is 1. The Balaban J connectivity index is 1.55. The maximum Gasteiger partial charge on any atom is 0.268 e. The van der Waals surface area contributed by atoms with Gasteiger partial charge in [0.1, 0.15) is 22.8 Å². The van der Waals surface area contributed by atoms with Crippen LogP contribution in [0, 0.1) is 34.6 Å². The number of anilines is 2. The summed E-state index contributed by atoms with van der Waals surface area (Å²) in [5, 5.41) is 19.8. The van der Waals surface area contributed by atoms with Crippen LogP contribution in [0.2, 0.25) is 0 Å². The number of nitrogens with one attached hydrogen (secondary N) is 2. The fraction of sp³-hybridized carbons (Fsp3) is 0.346. The van der Waals surface area contributed by atoms with Gasteiger partial charge >= 0.3 is 0 Å². The molecule has 1 aliphatic rings. The van der Waals surface area contributed by atoms with Crippen LogP contribution in [-0.4, -0.2) is 27.7 Å². The highest BCUT2D eigenvalue weighted by atomic mass is 16.5. The summed E-state index contributed by atoms with van der Waals surface area (Å²) in [5.41, 5.74) is 4.54. The van der Waals surface area contributed by atoms with Gasteiger partial charge in [-0.3, -0.25) is 9.59 Å². The lowest BCUT2D eigenvalue weighted by Crippen LogP contribution is -2.48. The Labute approximate surface area is 198 Å². The van der Waals surface area contributed by atoms with E-state index in [4.69, 9.17) is 9.26 Å².